The van der Waals surface area contributed by atoms with Crippen LogP contribution in [0.5, 0.6) is 11.5 Å². The van der Waals surface area contributed by atoms with Gasteiger partial charge in [0.25, 0.3) is 0 Å². The number of allylic oxidation sites excluding steroid dienone is 3. The molecule has 168 valence electrons. The molecule has 0 heterocycles. The number of benzene rings is 3. The minimum absolute atomic E-state index is 0.0767. The fraction of sp³-hybridized carbons (Fsp3) is 0.148. The molecule has 0 radical (unpaired) electrons. The molecule has 6 heteroatoms. The van der Waals surface area contributed by atoms with Gasteiger partial charge < -0.3 is 24.8 Å². The second kappa shape index (κ2) is 9.53. The van der Waals surface area contributed by atoms with Gasteiger partial charge in [0.05, 0.1) is 13.0 Å². The molecule has 0 amide bonds. The van der Waals surface area contributed by atoms with Crippen molar-refractivity contribution in [2.24, 2.45) is 5.92 Å². The number of phenols is 1. The molecule has 1 aliphatic rings. The van der Waals surface area contributed by atoms with E-state index in [2.05, 4.69) is 0 Å². The number of methoxy groups -OCH3 is 1. The zero-order valence-electron chi connectivity index (χ0n) is 18.0. The molecule has 0 saturated carbocycles. The largest absolute Gasteiger partial charge is 0.511 e. The summed E-state index contributed by atoms with van der Waals surface area (Å²) < 4.78 is 11.4. The van der Waals surface area contributed by atoms with Crippen molar-refractivity contribution >= 4 is 11.5 Å². The Balaban J connectivity index is 1.63. The van der Waals surface area contributed by atoms with Crippen LogP contribution in [0.2, 0.25) is 0 Å². The van der Waals surface area contributed by atoms with Crippen molar-refractivity contribution in [3.05, 3.63) is 113 Å². The molecule has 3 N–H and O–H groups in total. The average Bonchev–Trinajstić information content (AvgIpc) is 2.84. The number of ether oxygens (including phenoxy) is 2. The Bertz CT molecular complexity index is 1180. The number of hydrogen-bond acceptors (Lipinski definition) is 5. The first kappa shape index (κ1) is 22.0. The number of aliphatic carboxylic acids is 1. The minimum Gasteiger partial charge on any atom is -0.511 e. The topological polar surface area (TPSA) is 96.2 Å². The van der Waals surface area contributed by atoms with Gasteiger partial charge >= 0.3 is 5.97 Å². The van der Waals surface area contributed by atoms with Gasteiger partial charge in [-0.25, -0.2) is 0 Å². The Morgan fingerprint density at radius 2 is 1.58 bits per heavy atom. The summed E-state index contributed by atoms with van der Waals surface area (Å²) in [7, 11) is 1.48. The first-order chi connectivity index (χ1) is 16.0. The summed E-state index contributed by atoms with van der Waals surface area (Å²) in [4.78, 5) is 12.2. The summed E-state index contributed by atoms with van der Waals surface area (Å²) in [6.45, 7) is 0.421. The number of carbonyl (C=O) groups is 1. The van der Waals surface area contributed by atoms with Crippen LogP contribution in [0.1, 0.15) is 22.6 Å². The van der Waals surface area contributed by atoms with Gasteiger partial charge in [-0.3, -0.25) is 4.79 Å². The lowest BCUT2D eigenvalue weighted by atomic mass is 9.77. The maximum absolute atomic E-state index is 12.2. The molecule has 33 heavy (non-hydrogen) atoms. The second-order valence-electron chi connectivity index (χ2n) is 7.73. The highest BCUT2D eigenvalue weighted by molar-refractivity contribution is 5.86. The number of rotatable bonds is 7. The highest BCUT2D eigenvalue weighted by atomic mass is 16.5. The molecule has 1 aliphatic carbocycles. The molecule has 3 aromatic rings. The molecule has 0 fully saturated rings. The summed E-state index contributed by atoms with van der Waals surface area (Å²) in [5, 5.41) is 30.5. The quantitative estimate of drug-likeness (QED) is 0.460. The highest BCUT2D eigenvalue weighted by Gasteiger charge is 2.41. The van der Waals surface area contributed by atoms with E-state index in [1.165, 1.54) is 19.2 Å². The number of carboxylic acid groups (broad SMARTS) is 1. The normalized spacial score (nSPS) is 17.9. The van der Waals surface area contributed by atoms with Crippen LogP contribution >= 0.6 is 0 Å². The van der Waals surface area contributed by atoms with E-state index >= 15 is 0 Å². The van der Waals surface area contributed by atoms with E-state index in [0.29, 0.717) is 34.8 Å². The lowest BCUT2D eigenvalue weighted by molar-refractivity contribution is -0.142. The Hall–Kier alpha value is -4.19. The fourth-order valence-corrected chi connectivity index (χ4v) is 3.98. The molecule has 0 aliphatic heterocycles. The number of aromatic hydroxyl groups is 1. The van der Waals surface area contributed by atoms with E-state index in [0.717, 1.165) is 5.56 Å². The lowest BCUT2D eigenvalue weighted by Crippen LogP contribution is -2.29. The third-order valence-electron chi connectivity index (χ3n) is 5.66. The molecule has 4 rings (SSSR count). The Morgan fingerprint density at radius 1 is 0.909 bits per heavy atom. The minimum atomic E-state index is -1.23. The predicted octanol–water partition coefficient (Wildman–Crippen LogP) is 5.27. The van der Waals surface area contributed by atoms with Gasteiger partial charge in [0.1, 0.15) is 35.5 Å². The van der Waals surface area contributed by atoms with E-state index < -0.39 is 17.8 Å². The molecule has 3 aromatic carbocycles. The van der Waals surface area contributed by atoms with Crippen molar-refractivity contribution < 1.29 is 29.6 Å². The summed E-state index contributed by atoms with van der Waals surface area (Å²) in [6, 6.07) is 23.1. The number of hydrogen-bond donors (Lipinski definition) is 3. The van der Waals surface area contributed by atoms with Gasteiger partial charge in [-0.15, -0.1) is 0 Å². The monoisotopic (exact) mass is 444 g/mol. The van der Waals surface area contributed by atoms with Gasteiger partial charge in [-0.2, -0.15) is 0 Å². The molecule has 6 nitrogen and oxygen atoms in total. The average molecular weight is 444 g/mol. The highest BCUT2D eigenvalue weighted by Crippen LogP contribution is 2.44. The van der Waals surface area contributed by atoms with Gasteiger partial charge in [0, 0.05) is 5.57 Å². The Labute approximate surface area is 191 Å². The van der Waals surface area contributed by atoms with Crippen molar-refractivity contribution in [1.82, 2.24) is 0 Å². The van der Waals surface area contributed by atoms with E-state index in [1.807, 2.05) is 30.3 Å². The molecule has 2 atom stereocenters. The molecule has 0 aromatic heterocycles. The van der Waals surface area contributed by atoms with Crippen LogP contribution in [0.4, 0.5) is 0 Å². The summed E-state index contributed by atoms with van der Waals surface area (Å²) in [5.74, 6) is -2.22. The predicted molar refractivity (Wildman–Crippen MR) is 124 cm³/mol. The zero-order valence-corrected chi connectivity index (χ0v) is 18.0. The van der Waals surface area contributed by atoms with Crippen molar-refractivity contribution in [1.29, 1.82) is 0 Å². The second-order valence-corrected chi connectivity index (χ2v) is 7.73. The zero-order chi connectivity index (χ0) is 23.4. The van der Waals surface area contributed by atoms with Crippen molar-refractivity contribution in [3.8, 4) is 11.5 Å². The maximum Gasteiger partial charge on any atom is 0.315 e. The molecule has 0 spiro atoms. The maximum atomic E-state index is 12.2. The lowest BCUT2D eigenvalue weighted by Gasteiger charge is -2.30. The third kappa shape index (κ3) is 4.70. The molecule has 2 unspecified atom stereocenters. The van der Waals surface area contributed by atoms with Crippen molar-refractivity contribution in [2.75, 3.05) is 7.11 Å². The first-order valence-corrected chi connectivity index (χ1v) is 10.5. The van der Waals surface area contributed by atoms with E-state index in [4.69, 9.17) is 9.47 Å². The third-order valence-corrected chi connectivity index (χ3v) is 5.66. The van der Waals surface area contributed by atoms with Crippen LogP contribution < -0.4 is 4.74 Å². The summed E-state index contributed by atoms with van der Waals surface area (Å²) in [6.07, 6.45) is 1.64. The van der Waals surface area contributed by atoms with Crippen molar-refractivity contribution in [2.45, 2.75) is 12.5 Å². The molecule has 0 saturated heterocycles. The van der Waals surface area contributed by atoms with Gasteiger partial charge in [0.15, 0.2) is 0 Å². The standard InChI is InChI=1S/C27H24O6/c1-32-23-15-22(18-7-11-20(28)12-8-18)26(29)25(27(30)31)24(23)19-9-13-21(14-10-19)33-16-17-5-3-2-4-6-17/h2-15,24-25,28-29H,16H2,1H3,(H,30,31). The van der Waals surface area contributed by atoms with Crippen LogP contribution in [-0.2, 0) is 16.1 Å². The van der Waals surface area contributed by atoms with Crippen LogP contribution in [0.15, 0.2) is 96.5 Å². The Morgan fingerprint density at radius 3 is 2.18 bits per heavy atom. The molecular weight excluding hydrogens is 420 g/mol. The first-order valence-electron chi connectivity index (χ1n) is 10.5. The molecule has 0 bridgehead atoms. The fourth-order valence-electron chi connectivity index (χ4n) is 3.98. The number of aliphatic hydroxyl groups excluding tert-OH is 1. The number of phenolic OH excluding ortho intramolecular Hbond substituents is 1. The van der Waals surface area contributed by atoms with Gasteiger partial charge in [0.2, 0.25) is 0 Å². The van der Waals surface area contributed by atoms with Gasteiger partial charge in [-0.1, -0.05) is 54.6 Å². The van der Waals surface area contributed by atoms with Crippen molar-refractivity contribution in [3.63, 3.8) is 0 Å². The van der Waals surface area contributed by atoms with Crippen LogP contribution in [0.25, 0.3) is 5.57 Å². The smallest absolute Gasteiger partial charge is 0.315 e. The van der Waals surface area contributed by atoms with Gasteiger partial charge in [-0.05, 0) is 47.0 Å². The number of carboxylic acids is 1. The van der Waals surface area contributed by atoms with E-state index in [9.17, 15) is 20.1 Å². The van der Waals surface area contributed by atoms with Crippen LogP contribution in [-0.4, -0.2) is 28.4 Å². The SMILES string of the molecule is COC1=CC(c2ccc(O)cc2)=C(O)C(C(=O)O)C1c1ccc(OCc2ccccc2)cc1. The van der Waals surface area contributed by atoms with E-state index in [-0.39, 0.29) is 11.5 Å². The summed E-state index contributed by atoms with van der Waals surface area (Å²) in [5.41, 5.74) is 2.65. The van der Waals surface area contributed by atoms with E-state index in [1.54, 1.807) is 42.5 Å². The van der Waals surface area contributed by atoms with Crippen LogP contribution in [0.3, 0.4) is 0 Å². The Kier molecular flexibility index (Phi) is 6.36. The van der Waals surface area contributed by atoms with Crippen LogP contribution in [0, 0.1) is 5.92 Å². The molecular formula is C27H24O6. The summed E-state index contributed by atoms with van der Waals surface area (Å²) >= 11 is 0. The number of aliphatic hydroxyl groups is 1.